The van der Waals surface area contributed by atoms with E-state index in [1.165, 1.54) is 6.33 Å². The summed E-state index contributed by atoms with van der Waals surface area (Å²) in [7, 11) is 1.60. The maximum atomic E-state index is 12.5. The molecule has 1 saturated carbocycles. The number of nitrogens with zero attached hydrogens (tertiary/aromatic N) is 6. The van der Waals surface area contributed by atoms with Crippen LogP contribution in [0.4, 0.5) is 5.82 Å². The zero-order valence-corrected chi connectivity index (χ0v) is 19.5. The van der Waals surface area contributed by atoms with Gasteiger partial charge in [0.15, 0.2) is 0 Å². The van der Waals surface area contributed by atoms with Gasteiger partial charge in [-0.05, 0) is 44.4 Å². The van der Waals surface area contributed by atoms with Crippen LogP contribution >= 0.6 is 0 Å². The molecule has 1 aliphatic heterocycles. The molecule has 0 unspecified atom stereocenters. The minimum atomic E-state index is 0.0258. The number of ether oxygens (including phenoxy) is 1. The average molecular weight is 447 g/mol. The summed E-state index contributed by atoms with van der Waals surface area (Å²) in [5.41, 5.74) is 4.92. The molecule has 1 atom stereocenters. The fourth-order valence-corrected chi connectivity index (χ4v) is 4.52. The molecule has 0 radical (unpaired) electrons. The van der Waals surface area contributed by atoms with Crippen LogP contribution in [0, 0.1) is 18.3 Å². The highest BCUT2D eigenvalue weighted by molar-refractivity contribution is 5.78. The smallest absolute Gasteiger partial charge is 0.225 e. The van der Waals surface area contributed by atoms with E-state index < -0.39 is 0 Å². The van der Waals surface area contributed by atoms with Gasteiger partial charge in [0.05, 0.1) is 35.7 Å². The predicted molar refractivity (Wildman–Crippen MR) is 127 cm³/mol. The quantitative estimate of drug-likeness (QED) is 0.644. The molecule has 2 aliphatic rings. The standard InChI is InChI=1S/C25H30N6O2/c1-5-19-12-21(28-15-27-19)23-17(3)20(13-26)25(29-24(23)18-6-7-18)30-9-10-31(16(2)14-30)22(32)8-11-33-4/h5,12,15-16,18H,1,6-11,14H2,2-4H3/t16-/m1/s1. The Morgan fingerprint density at radius 3 is 2.79 bits per heavy atom. The van der Waals surface area contributed by atoms with Crippen LogP contribution < -0.4 is 4.90 Å². The molecule has 8 nitrogen and oxygen atoms in total. The first-order chi connectivity index (χ1) is 16.0. The largest absolute Gasteiger partial charge is 0.384 e. The monoisotopic (exact) mass is 446 g/mol. The summed E-state index contributed by atoms with van der Waals surface area (Å²) >= 11 is 0. The van der Waals surface area contributed by atoms with E-state index in [4.69, 9.17) is 9.72 Å². The number of hydrogen-bond donors (Lipinski definition) is 0. The van der Waals surface area contributed by atoms with Gasteiger partial charge in [-0.2, -0.15) is 5.26 Å². The number of carbonyl (C=O) groups is 1. The maximum Gasteiger partial charge on any atom is 0.225 e. The lowest BCUT2D eigenvalue weighted by molar-refractivity contribution is -0.134. The summed E-state index contributed by atoms with van der Waals surface area (Å²) in [5.74, 6) is 1.20. The van der Waals surface area contributed by atoms with Crippen LogP contribution in [0.25, 0.3) is 17.3 Å². The van der Waals surface area contributed by atoms with Crippen molar-refractivity contribution in [3.05, 3.63) is 41.5 Å². The zero-order valence-electron chi connectivity index (χ0n) is 19.5. The van der Waals surface area contributed by atoms with Crippen molar-refractivity contribution in [2.45, 2.75) is 45.1 Å². The number of nitriles is 1. The third-order valence-corrected chi connectivity index (χ3v) is 6.45. The van der Waals surface area contributed by atoms with Crippen molar-refractivity contribution >= 4 is 17.8 Å². The number of methoxy groups -OCH3 is 1. The number of rotatable bonds is 7. The highest BCUT2D eigenvalue weighted by atomic mass is 16.5. The number of hydrogen-bond acceptors (Lipinski definition) is 7. The van der Waals surface area contributed by atoms with Gasteiger partial charge in [-0.25, -0.2) is 15.0 Å². The summed E-state index contributed by atoms with van der Waals surface area (Å²) in [6.07, 6.45) is 5.78. The Kier molecular flexibility index (Phi) is 6.70. The molecule has 3 heterocycles. The lowest BCUT2D eigenvalue weighted by Crippen LogP contribution is -2.54. The Morgan fingerprint density at radius 1 is 1.36 bits per heavy atom. The molecule has 33 heavy (non-hydrogen) atoms. The molecule has 0 bridgehead atoms. The van der Waals surface area contributed by atoms with Gasteiger partial charge in [0.2, 0.25) is 5.91 Å². The van der Waals surface area contributed by atoms with E-state index in [1.54, 1.807) is 13.2 Å². The second-order valence-corrected chi connectivity index (χ2v) is 8.74. The number of pyridine rings is 1. The summed E-state index contributed by atoms with van der Waals surface area (Å²) in [5, 5.41) is 10.1. The van der Waals surface area contributed by atoms with Gasteiger partial charge in [0, 0.05) is 44.3 Å². The molecule has 4 rings (SSSR count). The fraction of sp³-hybridized carbons (Fsp3) is 0.480. The van der Waals surface area contributed by atoms with Crippen LogP contribution in [-0.4, -0.2) is 65.2 Å². The molecule has 1 amide bonds. The number of amides is 1. The van der Waals surface area contributed by atoms with E-state index in [-0.39, 0.29) is 11.9 Å². The lowest BCUT2D eigenvalue weighted by atomic mass is 9.96. The molecule has 1 aliphatic carbocycles. The first kappa shape index (κ1) is 22.9. The molecule has 8 heteroatoms. The van der Waals surface area contributed by atoms with Crippen molar-refractivity contribution in [1.82, 2.24) is 19.9 Å². The van der Waals surface area contributed by atoms with Crippen molar-refractivity contribution in [3.8, 4) is 17.3 Å². The van der Waals surface area contributed by atoms with E-state index in [0.717, 1.165) is 46.9 Å². The third kappa shape index (κ3) is 4.60. The van der Waals surface area contributed by atoms with Crippen molar-refractivity contribution in [2.75, 3.05) is 38.3 Å². The molecule has 172 valence electrons. The topological polar surface area (TPSA) is 95.2 Å². The summed E-state index contributed by atoms with van der Waals surface area (Å²) in [6, 6.07) is 4.32. The third-order valence-electron chi connectivity index (χ3n) is 6.45. The highest BCUT2D eigenvalue weighted by Crippen LogP contribution is 2.46. The highest BCUT2D eigenvalue weighted by Gasteiger charge is 2.34. The van der Waals surface area contributed by atoms with Gasteiger partial charge >= 0.3 is 0 Å². The molecule has 2 aromatic heterocycles. The Hall–Kier alpha value is -3.31. The normalized spacial score (nSPS) is 18.2. The average Bonchev–Trinajstić information content (AvgIpc) is 3.67. The Labute approximate surface area is 194 Å². The molecular weight excluding hydrogens is 416 g/mol. The van der Waals surface area contributed by atoms with Gasteiger partial charge in [-0.1, -0.05) is 6.58 Å². The van der Waals surface area contributed by atoms with Crippen molar-refractivity contribution in [1.29, 1.82) is 5.26 Å². The molecule has 0 spiro atoms. The van der Waals surface area contributed by atoms with Crippen LogP contribution in [0.2, 0.25) is 0 Å². The van der Waals surface area contributed by atoms with Gasteiger partial charge in [0.1, 0.15) is 18.2 Å². The van der Waals surface area contributed by atoms with Crippen molar-refractivity contribution in [3.63, 3.8) is 0 Å². The second kappa shape index (κ2) is 9.67. The van der Waals surface area contributed by atoms with Crippen LogP contribution in [-0.2, 0) is 9.53 Å². The van der Waals surface area contributed by atoms with Crippen LogP contribution in [0.3, 0.4) is 0 Å². The first-order valence-electron chi connectivity index (χ1n) is 11.4. The van der Waals surface area contributed by atoms with Gasteiger partial charge in [0.25, 0.3) is 0 Å². The second-order valence-electron chi connectivity index (χ2n) is 8.74. The van der Waals surface area contributed by atoms with Gasteiger partial charge in [-0.15, -0.1) is 0 Å². The molecule has 2 fully saturated rings. The summed E-state index contributed by atoms with van der Waals surface area (Å²) in [6.45, 7) is 10.1. The minimum absolute atomic E-state index is 0.0258. The summed E-state index contributed by atoms with van der Waals surface area (Å²) < 4.78 is 5.06. The SMILES string of the molecule is C=Cc1cc(-c2c(C3CC3)nc(N3CCN(C(=O)CCOC)[C@H](C)C3)c(C#N)c2C)ncn1. The molecule has 0 N–H and O–H groups in total. The summed E-state index contributed by atoms with van der Waals surface area (Å²) in [4.78, 5) is 30.4. The number of carbonyl (C=O) groups excluding carboxylic acids is 1. The van der Waals surface area contributed by atoms with Crippen LogP contribution in [0.5, 0.6) is 0 Å². The molecule has 2 aromatic rings. The lowest BCUT2D eigenvalue weighted by Gasteiger charge is -2.41. The predicted octanol–water partition coefficient (Wildman–Crippen LogP) is 3.31. The van der Waals surface area contributed by atoms with Crippen molar-refractivity contribution < 1.29 is 9.53 Å². The van der Waals surface area contributed by atoms with E-state index in [1.807, 2.05) is 24.8 Å². The number of piperazine rings is 1. The fourth-order valence-electron chi connectivity index (χ4n) is 4.52. The van der Waals surface area contributed by atoms with Gasteiger partial charge < -0.3 is 14.5 Å². The minimum Gasteiger partial charge on any atom is -0.384 e. The Balaban J connectivity index is 1.70. The van der Waals surface area contributed by atoms with E-state index in [9.17, 15) is 10.1 Å². The van der Waals surface area contributed by atoms with Crippen LogP contribution in [0.15, 0.2) is 19.0 Å². The van der Waals surface area contributed by atoms with Crippen molar-refractivity contribution in [2.24, 2.45) is 0 Å². The van der Waals surface area contributed by atoms with Gasteiger partial charge in [-0.3, -0.25) is 4.79 Å². The molecular formula is C25H30N6O2. The maximum absolute atomic E-state index is 12.5. The molecule has 0 aromatic carbocycles. The van der Waals surface area contributed by atoms with E-state index in [2.05, 4.69) is 27.5 Å². The van der Waals surface area contributed by atoms with E-state index >= 15 is 0 Å². The molecule has 1 saturated heterocycles. The number of anilines is 1. The van der Waals surface area contributed by atoms with E-state index in [0.29, 0.717) is 44.1 Å². The Bertz CT molecular complexity index is 1100. The first-order valence-corrected chi connectivity index (χ1v) is 11.4. The zero-order chi connectivity index (χ0) is 23.5. The Morgan fingerprint density at radius 2 is 2.15 bits per heavy atom. The van der Waals surface area contributed by atoms with Crippen LogP contribution in [0.1, 0.15) is 54.6 Å². The number of aromatic nitrogens is 3.